The number of pyridine rings is 1. The molecule has 0 spiro atoms. The second-order valence-corrected chi connectivity index (χ2v) is 7.03. The summed E-state index contributed by atoms with van der Waals surface area (Å²) in [6, 6.07) is 5.50. The molecule has 2 aliphatic heterocycles. The number of aromatic nitrogens is 3. The summed E-state index contributed by atoms with van der Waals surface area (Å²) in [5.74, 6) is 0.0405. The first-order valence-corrected chi connectivity index (χ1v) is 9.26. The van der Waals surface area contributed by atoms with Gasteiger partial charge in [-0.1, -0.05) is 0 Å². The monoisotopic (exact) mass is 353 g/mol. The van der Waals surface area contributed by atoms with Crippen molar-refractivity contribution in [3.63, 3.8) is 0 Å². The number of rotatable bonds is 3. The van der Waals surface area contributed by atoms with Crippen molar-refractivity contribution in [2.24, 2.45) is 5.92 Å². The zero-order chi connectivity index (χ0) is 17.9. The number of H-pyrrole nitrogens is 1. The molecule has 2 fully saturated rings. The summed E-state index contributed by atoms with van der Waals surface area (Å²) in [6.07, 6.45) is 7.32. The molecular weight excluding hydrogens is 330 g/mol. The Balaban J connectivity index is 1.44. The van der Waals surface area contributed by atoms with Crippen molar-refractivity contribution in [2.45, 2.75) is 25.7 Å². The smallest absolute Gasteiger partial charge is 0.271 e. The molecule has 0 saturated carbocycles. The Kier molecular flexibility index (Phi) is 4.69. The molecule has 7 heteroatoms. The maximum absolute atomic E-state index is 12.8. The van der Waals surface area contributed by atoms with E-state index in [4.69, 9.17) is 0 Å². The molecule has 1 atom stereocenters. The van der Waals surface area contributed by atoms with Gasteiger partial charge in [-0.15, -0.1) is 0 Å². The van der Waals surface area contributed by atoms with Crippen molar-refractivity contribution in [1.29, 1.82) is 0 Å². The summed E-state index contributed by atoms with van der Waals surface area (Å²) in [4.78, 5) is 33.3. The molecule has 4 rings (SSSR count). The van der Waals surface area contributed by atoms with Crippen LogP contribution in [0.15, 0.2) is 30.6 Å². The van der Waals surface area contributed by atoms with E-state index in [2.05, 4.69) is 15.2 Å². The number of likely N-dealkylation sites (tertiary alicyclic amines) is 2. The first kappa shape index (κ1) is 16.8. The van der Waals surface area contributed by atoms with E-state index in [0.717, 1.165) is 44.3 Å². The number of piperidine rings is 1. The first-order valence-electron chi connectivity index (χ1n) is 9.26. The minimum absolute atomic E-state index is 0.0773. The highest BCUT2D eigenvalue weighted by molar-refractivity contribution is 5.94. The summed E-state index contributed by atoms with van der Waals surface area (Å²) in [5.41, 5.74) is 2.02. The SMILES string of the molecule is O=C(c1cc(-c2cccnc2)n[nH]1)N1CCC[C@@H](C(=O)N2CCCC2)C1. The molecule has 2 amide bonds. The van der Waals surface area contributed by atoms with Crippen LogP contribution in [0.4, 0.5) is 0 Å². The lowest BCUT2D eigenvalue weighted by atomic mass is 9.96. The molecule has 2 aromatic heterocycles. The Morgan fingerprint density at radius 1 is 1.12 bits per heavy atom. The van der Waals surface area contributed by atoms with Gasteiger partial charge in [-0.3, -0.25) is 19.7 Å². The van der Waals surface area contributed by atoms with Crippen LogP contribution in [-0.2, 0) is 4.79 Å². The molecule has 2 aromatic rings. The Morgan fingerprint density at radius 2 is 1.92 bits per heavy atom. The summed E-state index contributed by atoms with van der Waals surface area (Å²) >= 11 is 0. The lowest BCUT2D eigenvalue weighted by Gasteiger charge is -2.33. The maximum Gasteiger partial charge on any atom is 0.271 e. The fourth-order valence-corrected chi connectivity index (χ4v) is 3.82. The highest BCUT2D eigenvalue weighted by Crippen LogP contribution is 2.23. The average Bonchev–Trinajstić information content (AvgIpc) is 3.40. The van der Waals surface area contributed by atoms with Gasteiger partial charge in [-0.05, 0) is 43.9 Å². The number of hydrogen-bond donors (Lipinski definition) is 1. The lowest BCUT2D eigenvalue weighted by molar-refractivity contribution is -0.135. The van der Waals surface area contributed by atoms with Gasteiger partial charge in [0, 0.05) is 44.1 Å². The number of hydrogen-bond acceptors (Lipinski definition) is 4. The van der Waals surface area contributed by atoms with E-state index >= 15 is 0 Å². The van der Waals surface area contributed by atoms with Gasteiger partial charge < -0.3 is 9.80 Å². The molecule has 4 heterocycles. The van der Waals surface area contributed by atoms with E-state index in [-0.39, 0.29) is 17.7 Å². The number of carbonyl (C=O) groups excluding carboxylic acids is 2. The molecule has 0 radical (unpaired) electrons. The van der Waals surface area contributed by atoms with Crippen LogP contribution in [0.1, 0.15) is 36.2 Å². The van der Waals surface area contributed by atoms with Gasteiger partial charge in [-0.25, -0.2) is 0 Å². The van der Waals surface area contributed by atoms with Gasteiger partial charge in [0.15, 0.2) is 0 Å². The van der Waals surface area contributed by atoms with Crippen LogP contribution in [-0.4, -0.2) is 63.0 Å². The zero-order valence-electron chi connectivity index (χ0n) is 14.7. The normalized spacial score (nSPS) is 20.4. The maximum atomic E-state index is 12.8. The fourth-order valence-electron chi connectivity index (χ4n) is 3.82. The van der Waals surface area contributed by atoms with E-state index in [0.29, 0.717) is 24.5 Å². The second-order valence-electron chi connectivity index (χ2n) is 7.03. The molecule has 0 aromatic carbocycles. The average molecular weight is 353 g/mol. The molecule has 0 aliphatic carbocycles. The molecular formula is C19H23N5O2. The number of aromatic amines is 1. The van der Waals surface area contributed by atoms with E-state index < -0.39 is 0 Å². The van der Waals surface area contributed by atoms with Gasteiger partial charge >= 0.3 is 0 Å². The zero-order valence-corrected chi connectivity index (χ0v) is 14.7. The number of carbonyl (C=O) groups is 2. The van der Waals surface area contributed by atoms with E-state index in [1.54, 1.807) is 23.4 Å². The van der Waals surface area contributed by atoms with Gasteiger partial charge in [0.2, 0.25) is 5.91 Å². The van der Waals surface area contributed by atoms with Crippen LogP contribution < -0.4 is 0 Å². The summed E-state index contributed by atoms with van der Waals surface area (Å²) in [7, 11) is 0. The third-order valence-electron chi connectivity index (χ3n) is 5.24. The molecule has 0 bridgehead atoms. The quantitative estimate of drug-likeness (QED) is 0.914. The van der Waals surface area contributed by atoms with Crippen molar-refractivity contribution in [3.05, 3.63) is 36.3 Å². The highest BCUT2D eigenvalue weighted by atomic mass is 16.2. The standard InChI is InChI=1S/C19H23N5O2/c25-18(23-8-1-2-9-23)15-6-4-10-24(13-15)19(26)17-11-16(21-22-17)14-5-3-7-20-12-14/h3,5,7,11-12,15H,1-2,4,6,8-10,13H2,(H,21,22)/t15-/m1/s1. The number of nitrogens with one attached hydrogen (secondary N) is 1. The van der Waals surface area contributed by atoms with Crippen LogP contribution in [0.3, 0.4) is 0 Å². The van der Waals surface area contributed by atoms with Crippen LogP contribution >= 0.6 is 0 Å². The third kappa shape index (κ3) is 3.34. The largest absolute Gasteiger partial charge is 0.342 e. The van der Waals surface area contributed by atoms with Crippen molar-refractivity contribution in [2.75, 3.05) is 26.2 Å². The topological polar surface area (TPSA) is 82.2 Å². The van der Waals surface area contributed by atoms with E-state index in [9.17, 15) is 9.59 Å². The summed E-state index contributed by atoms with van der Waals surface area (Å²) in [5, 5.41) is 7.07. The van der Waals surface area contributed by atoms with Gasteiger partial charge in [0.25, 0.3) is 5.91 Å². The summed E-state index contributed by atoms with van der Waals surface area (Å²) < 4.78 is 0. The lowest BCUT2D eigenvalue weighted by Crippen LogP contribution is -2.46. The van der Waals surface area contributed by atoms with Crippen LogP contribution in [0.25, 0.3) is 11.3 Å². The molecule has 2 saturated heterocycles. The minimum Gasteiger partial charge on any atom is -0.342 e. The predicted octanol–water partition coefficient (Wildman–Crippen LogP) is 1.95. The molecule has 0 unspecified atom stereocenters. The third-order valence-corrected chi connectivity index (χ3v) is 5.24. The van der Waals surface area contributed by atoms with E-state index in [1.165, 1.54) is 0 Å². The highest BCUT2D eigenvalue weighted by Gasteiger charge is 2.32. The molecule has 136 valence electrons. The Labute approximate surface area is 152 Å². The van der Waals surface area contributed by atoms with Crippen molar-refractivity contribution < 1.29 is 9.59 Å². The summed E-state index contributed by atoms with van der Waals surface area (Å²) in [6.45, 7) is 2.90. The fraction of sp³-hybridized carbons (Fsp3) is 0.474. The second kappa shape index (κ2) is 7.27. The molecule has 2 aliphatic rings. The van der Waals surface area contributed by atoms with Gasteiger partial charge in [-0.2, -0.15) is 5.10 Å². The van der Waals surface area contributed by atoms with E-state index in [1.807, 2.05) is 17.0 Å². The Morgan fingerprint density at radius 3 is 2.69 bits per heavy atom. The van der Waals surface area contributed by atoms with Crippen LogP contribution in [0.2, 0.25) is 0 Å². The van der Waals surface area contributed by atoms with Gasteiger partial charge in [0.1, 0.15) is 5.69 Å². The predicted molar refractivity (Wildman–Crippen MR) is 96.3 cm³/mol. The molecule has 26 heavy (non-hydrogen) atoms. The first-order chi connectivity index (χ1) is 12.7. The number of nitrogens with zero attached hydrogens (tertiary/aromatic N) is 4. The van der Waals surface area contributed by atoms with Crippen molar-refractivity contribution >= 4 is 11.8 Å². The Hall–Kier alpha value is -2.70. The van der Waals surface area contributed by atoms with Crippen molar-refractivity contribution in [3.8, 4) is 11.3 Å². The molecule has 7 nitrogen and oxygen atoms in total. The molecule has 1 N–H and O–H groups in total. The van der Waals surface area contributed by atoms with Crippen LogP contribution in [0, 0.1) is 5.92 Å². The van der Waals surface area contributed by atoms with Crippen LogP contribution in [0.5, 0.6) is 0 Å². The minimum atomic E-state index is -0.0911. The van der Waals surface area contributed by atoms with Gasteiger partial charge in [0.05, 0.1) is 11.6 Å². The van der Waals surface area contributed by atoms with Crippen molar-refractivity contribution in [1.82, 2.24) is 25.0 Å². The Bertz CT molecular complexity index is 782. The number of amides is 2.